The molecule has 0 saturated heterocycles. The SMILES string of the molecule is CCCCCCCCCCCCCCCC(=O)OCn1oc(=O)c2ccccc21. The Bertz CT molecular complexity index is 762. The van der Waals surface area contributed by atoms with Gasteiger partial charge in [0.15, 0.2) is 6.73 Å². The second-order valence-corrected chi connectivity index (χ2v) is 7.91. The lowest BCUT2D eigenvalue weighted by molar-refractivity contribution is -0.149. The number of hydrogen-bond donors (Lipinski definition) is 0. The lowest BCUT2D eigenvalue weighted by Crippen LogP contribution is -2.09. The van der Waals surface area contributed by atoms with Gasteiger partial charge in [0.1, 0.15) is 0 Å². The summed E-state index contributed by atoms with van der Waals surface area (Å²) in [5.41, 5.74) is 0.236. The van der Waals surface area contributed by atoms with Gasteiger partial charge < -0.3 is 9.26 Å². The second kappa shape index (κ2) is 14.0. The van der Waals surface area contributed by atoms with Gasteiger partial charge in [-0.1, -0.05) is 96.1 Å². The molecule has 5 nitrogen and oxygen atoms in total. The summed E-state index contributed by atoms with van der Waals surface area (Å²) >= 11 is 0. The zero-order valence-electron chi connectivity index (χ0n) is 18.0. The van der Waals surface area contributed by atoms with Crippen molar-refractivity contribution in [3.05, 3.63) is 34.7 Å². The molecule has 0 bridgehead atoms. The van der Waals surface area contributed by atoms with E-state index in [9.17, 15) is 9.59 Å². The van der Waals surface area contributed by atoms with Crippen LogP contribution in [0.1, 0.15) is 96.8 Å². The molecule has 0 saturated carbocycles. The van der Waals surface area contributed by atoms with Gasteiger partial charge in [-0.05, 0) is 18.6 Å². The van der Waals surface area contributed by atoms with Crippen molar-refractivity contribution in [1.29, 1.82) is 0 Å². The number of benzene rings is 1. The molecule has 0 amide bonds. The lowest BCUT2D eigenvalue weighted by Gasteiger charge is -2.06. The van der Waals surface area contributed by atoms with Crippen molar-refractivity contribution >= 4 is 16.9 Å². The standard InChI is InChI=1S/C24H37NO4/c1-2-3-4-5-6-7-8-9-10-11-12-13-14-19-23(26)28-20-25-22-18-16-15-17-21(22)24(27)29-25/h15-18H,2-14,19-20H2,1H3. The van der Waals surface area contributed by atoms with Crippen LogP contribution in [0.5, 0.6) is 0 Å². The van der Waals surface area contributed by atoms with Gasteiger partial charge in [0.25, 0.3) is 0 Å². The first-order valence-electron chi connectivity index (χ1n) is 11.5. The molecular formula is C24H37NO4. The van der Waals surface area contributed by atoms with E-state index < -0.39 is 5.63 Å². The van der Waals surface area contributed by atoms with Crippen molar-refractivity contribution in [2.75, 3.05) is 0 Å². The van der Waals surface area contributed by atoms with Crippen LogP contribution in [0, 0.1) is 0 Å². The highest BCUT2D eigenvalue weighted by molar-refractivity contribution is 5.77. The van der Waals surface area contributed by atoms with Crippen LogP contribution in [0.2, 0.25) is 0 Å². The summed E-state index contributed by atoms with van der Waals surface area (Å²) in [6.45, 7) is 2.20. The summed E-state index contributed by atoms with van der Waals surface area (Å²) in [7, 11) is 0. The number of esters is 1. The molecule has 2 aromatic rings. The number of carbonyl (C=O) groups is 1. The minimum Gasteiger partial charge on any atom is -0.441 e. The second-order valence-electron chi connectivity index (χ2n) is 7.91. The molecule has 29 heavy (non-hydrogen) atoms. The lowest BCUT2D eigenvalue weighted by atomic mass is 10.0. The molecule has 162 valence electrons. The Kier molecular flexibility index (Phi) is 11.2. The number of para-hydroxylation sites is 1. The molecule has 1 aromatic heterocycles. The summed E-state index contributed by atoms with van der Waals surface area (Å²) in [6.07, 6.45) is 17.1. The maximum Gasteiger partial charge on any atom is 0.365 e. The molecule has 0 atom stereocenters. The number of ether oxygens (including phenoxy) is 1. The maximum atomic E-state index is 11.9. The van der Waals surface area contributed by atoms with Crippen molar-refractivity contribution in [2.24, 2.45) is 0 Å². The fraction of sp³-hybridized carbons (Fsp3) is 0.667. The molecule has 0 aliphatic carbocycles. The number of rotatable bonds is 16. The topological polar surface area (TPSA) is 61.4 Å². The van der Waals surface area contributed by atoms with E-state index in [0.29, 0.717) is 17.3 Å². The molecule has 0 radical (unpaired) electrons. The zero-order chi connectivity index (χ0) is 20.7. The van der Waals surface area contributed by atoms with Gasteiger partial charge in [-0.15, -0.1) is 0 Å². The van der Waals surface area contributed by atoms with Gasteiger partial charge >= 0.3 is 11.6 Å². The number of nitrogens with zero attached hydrogens (tertiary/aromatic N) is 1. The number of carbonyl (C=O) groups excluding carboxylic acids is 1. The van der Waals surface area contributed by atoms with E-state index in [0.717, 1.165) is 12.8 Å². The molecule has 2 rings (SSSR count). The first-order chi connectivity index (χ1) is 14.2. The highest BCUT2D eigenvalue weighted by Gasteiger charge is 2.10. The van der Waals surface area contributed by atoms with Crippen molar-refractivity contribution in [3.8, 4) is 0 Å². The fourth-order valence-electron chi connectivity index (χ4n) is 3.65. The Labute approximate surface area is 174 Å². The van der Waals surface area contributed by atoms with Crippen LogP contribution in [0.3, 0.4) is 0 Å². The minimum atomic E-state index is -0.409. The predicted octanol–water partition coefficient (Wildman–Crippen LogP) is 6.58. The minimum absolute atomic E-state index is 0.0555. The maximum absolute atomic E-state index is 11.9. The van der Waals surface area contributed by atoms with Gasteiger partial charge in [-0.25, -0.2) is 4.79 Å². The van der Waals surface area contributed by atoms with Gasteiger partial charge in [0.05, 0.1) is 10.9 Å². The largest absolute Gasteiger partial charge is 0.441 e. The highest BCUT2D eigenvalue weighted by atomic mass is 16.6. The van der Waals surface area contributed by atoms with E-state index in [1.165, 1.54) is 75.4 Å². The molecule has 1 heterocycles. The van der Waals surface area contributed by atoms with E-state index in [4.69, 9.17) is 9.26 Å². The van der Waals surface area contributed by atoms with Crippen molar-refractivity contribution < 1.29 is 14.1 Å². The third-order valence-corrected chi connectivity index (χ3v) is 5.41. The quantitative estimate of drug-likeness (QED) is 0.235. The smallest absolute Gasteiger partial charge is 0.365 e. The van der Waals surface area contributed by atoms with Crippen LogP contribution >= 0.6 is 0 Å². The molecule has 1 aromatic carbocycles. The Balaban J connectivity index is 1.45. The van der Waals surface area contributed by atoms with Crippen LogP contribution in [0.15, 0.2) is 33.6 Å². The molecule has 0 fully saturated rings. The molecular weight excluding hydrogens is 366 g/mol. The Morgan fingerprint density at radius 3 is 2.03 bits per heavy atom. The normalized spacial score (nSPS) is 11.2. The van der Waals surface area contributed by atoms with E-state index in [1.54, 1.807) is 18.2 Å². The Hall–Kier alpha value is -2.04. The summed E-state index contributed by atoms with van der Waals surface area (Å²) < 4.78 is 11.7. The van der Waals surface area contributed by atoms with E-state index >= 15 is 0 Å². The number of aromatic nitrogens is 1. The van der Waals surface area contributed by atoms with Gasteiger partial charge in [0, 0.05) is 6.42 Å². The van der Waals surface area contributed by atoms with Crippen LogP contribution < -0.4 is 5.63 Å². The van der Waals surface area contributed by atoms with Crippen LogP contribution in [-0.4, -0.2) is 10.7 Å². The van der Waals surface area contributed by atoms with E-state index in [1.807, 2.05) is 6.07 Å². The summed E-state index contributed by atoms with van der Waals surface area (Å²) in [5, 5.41) is 0.500. The monoisotopic (exact) mass is 403 g/mol. The Morgan fingerprint density at radius 1 is 0.862 bits per heavy atom. The van der Waals surface area contributed by atoms with Crippen LogP contribution in [-0.2, 0) is 16.3 Å². The first kappa shape index (κ1) is 23.2. The summed E-state index contributed by atoms with van der Waals surface area (Å²) in [5.74, 6) is -0.242. The summed E-state index contributed by atoms with van der Waals surface area (Å²) in [6, 6.07) is 7.08. The van der Waals surface area contributed by atoms with Crippen molar-refractivity contribution in [1.82, 2.24) is 4.74 Å². The van der Waals surface area contributed by atoms with Crippen molar-refractivity contribution in [3.63, 3.8) is 0 Å². The third kappa shape index (κ3) is 8.88. The zero-order valence-corrected chi connectivity index (χ0v) is 18.0. The van der Waals surface area contributed by atoms with E-state index in [2.05, 4.69) is 6.92 Å². The van der Waals surface area contributed by atoms with Crippen LogP contribution in [0.25, 0.3) is 10.9 Å². The molecule has 0 aliphatic heterocycles. The van der Waals surface area contributed by atoms with Gasteiger partial charge in [-0.2, -0.15) is 4.74 Å². The van der Waals surface area contributed by atoms with Gasteiger partial charge in [-0.3, -0.25) is 4.79 Å². The van der Waals surface area contributed by atoms with Gasteiger partial charge in [0.2, 0.25) is 0 Å². The molecule has 0 aliphatic rings. The number of fused-ring (bicyclic) bond motifs is 1. The number of unbranched alkanes of at least 4 members (excludes halogenated alkanes) is 12. The van der Waals surface area contributed by atoms with E-state index in [-0.39, 0.29) is 12.7 Å². The highest BCUT2D eigenvalue weighted by Crippen LogP contribution is 2.14. The molecule has 0 spiro atoms. The average Bonchev–Trinajstić information content (AvgIpc) is 3.06. The third-order valence-electron chi connectivity index (χ3n) is 5.41. The number of hydrogen-bond acceptors (Lipinski definition) is 4. The van der Waals surface area contributed by atoms with Crippen LogP contribution in [0.4, 0.5) is 0 Å². The molecule has 0 N–H and O–H groups in total. The fourth-order valence-corrected chi connectivity index (χ4v) is 3.65. The van der Waals surface area contributed by atoms with Crippen molar-refractivity contribution in [2.45, 2.75) is 104 Å². The summed E-state index contributed by atoms with van der Waals surface area (Å²) in [4.78, 5) is 23.6. The Morgan fingerprint density at radius 2 is 1.41 bits per heavy atom. The average molecular weight is 404 g/mol. The molecule has 0 unspecified atom stereocenters. The predicted molar refractivity (Wildman–Crippen MR) is 117 cm³/mol. The first-order valence-corrected chi connectivity index (χ1v) is 11.5. The molecule has 5 heteroatoms.